The van der Waals surface area contributed by atoms with Crippen LogP contribution in [0.1, 0.15) is 24.0 Å². The average Bonchev–Trinajstić information content (AvgIpc) is 3.42. The molecule has 0 saturated carbocycles. The molecule has 1 N–H and O–H groups in total. The van der Waals surface area contributed by atoms with Crippen LogP contribution in [0.3, 0.4) is 0 Å². The van der Waals surface area contributed by atoms with Gasteiger partial charge < -0.3 is 19.7 Å². The van der Waals surface area contributed by atoms with Crippen molar-refractivity contribution in [3.63, 3.8) is 0 Å². The summed E-state index contributed by atoms with van der Waals surface area (Å²) in [6.45, 7) is 0.0986. The molecule has 41 heavy (non-hydrogen) atoms. The van der Waals surface area contributed by atoms with Crippen molar-refractivity contribution in [2.45, 2.75) is 31.8 Å². The van der Waals surface area contributed by atoms with Crippen LogP contribution in [0.15, 0.2) is 66.7 Å². The molecule has 0 saturated heterocycles. The predicted octanol–water partition coefficient (Wildman–Crippen LogP) is 4.65. The Labute approximate surface area is 250 Å². The summed E-state index contributed by atoms with van der Waals surface area (Å²) < 4.78 is 37.3. The number of nitrogens with one attached hydrogen (secondary N) is 1. The molecule has 9 nitrogen and oxygen atoms in total. The van der Waals surface area contributed by atoms with Crippen molar-refractivity contribution in [2.24, 2.45) is 0 Å². The average molecular weight is 621 g/mol. The molecule has 0 fully saturated rings. The number of rotatable bonds is 12. The van der Waals surface area contributed by atoms with E-state index in [1.54, 1.807) is 36.4 Å². The van der Waals surface area contributed by atoms with Gasteiger partial charge in [-0.15, -0.1) is 0 Å². The number of ether oxygens (including phenoxy) is 2. The Kier molecular flexibility index (Phi) is 10.0. The van der Waals surface area contributed by atoms with E-state index in [0.29, 0.717) is 32.8 Å². The first kappa shape index (κ1) is 30.5. The third-order valence-electron chi connectivity index (χ3n) is 6.70. The number of anilines is 1. The van der Waals surface area contributed by atoms with Gasteiger partial charge in [-0.05, 0) is 36.2 Å². The summed E-state index contributed by atoms with van der Waals surface area (Å²) >= 11 is 12.9. The zero-order chi connectivity index (χ0) is 29.6. The Hall–Kier alpha value is -3.47. The lowest BCUT2D eigenvalue weighted by Gasteiger charge is -2.32. The van der Waals surface area contributed by atoms with Crippen LogP contribution in [0, 0.1) is 0 Å². The fourth-order valence-electron chi connectivity index (χ4n) is 4.62. The summed E-state index contributed by atoms with van der Waals surface area (Å²) in [7, 11) is -2.16. The molecule has 1 atom stereocenters. The highest BCUT2D eigenvalue weighted by Crippen LogP contribution is 2.36. The Balaban J connectivity index is 1.58. The van der Waals surface area contributed by atoms with Gasteiger partial charge in [0.2, 0.25) is 28.6 Å². The number of likely N-dealkylation sites (N-methyl/N-ethyl adjacent to an activating group) is 1. The van der Waals surface area contributed by atoms with E-state index >= 15 is 0 Å². The van der Waals surface area contributed by atoms with Gasteiger partial charge in [0.25, 0.3) is 0 Å². The predicted molar refractivity (Wildman–Crippen MR) is 159 cm³/mol. The van der Waals surface area contributed by atoms with Crippen molar-refractivity contribution >= 4 is 50.7 Å². The lowest BCUT2D eigenvalue weighted by atomic mass is 10.0. The number of carbonyl (C=O) groups is 2. The molecule has 12 heteroatoms. The molecule has 0 aromatic heterocycles. The van der Waals surface area contributed by atoms with Crippen LogP contribution in [-0.4, -0.2) is 57.8 Å². The maximum Gasteiger partial charge on any atom is 0.242 e. The van der Waals surface area contributed by atoms with Gasteiger partial charge in [0.15, 0.2) is 11.5 Å². The van der Waals surface area contributed by atoms with E-state index < -0.39 is 16.1 Å². The highest BCUT2D eigenvalue weighted by atomic mass is 35.5. The van der Waals surface area contributed by atoms with Gasteiger partial charge in [-0.1, -0.05) is 59.6 Å². The highest BCUT2D eigenvalue weighted by molar-refractivity contribution is 7.92. The summed E-state index contributed by atoms with van der Waals surface area (Å²) in [5.74, 6) is 0.294. The lowest BCUT2D eigenvalue weighted by molar-refractivity contribution is -0.141. The molecular weight excluding hydrogens is 589 g/mol. The highest BCUT2D eigenvalue weighted by Gasteiger charge is 2.31. The standard InChI is InChI=1S/C29H31Cl2N3O6S/c1-32-29(36)25(16-20-8-4-3-5-9-20)33(18-22-23(30)10-6-11-24(22)31)28(35)12-7-15-34(41(2,37)38)21-13-14-26-27(17-21)40-19-39-26/h3-6,8-11,13-14,17,25H,7,12,15-16,18-19H2,1-2H3,(H,32,36). The molecule has 3 aromatic rings. The van der Waals surface area contributed by atoms with Gasteiger partial charge in [-0.25, -0.2) is 8.42 Å². The molecule has 3 aromatic carbocycles. The van der Waals surface area contributed by atoms with E-state index in [-0.39, 0.29) is 51.0 Å². The van der Waals surface area contributed by atoms with Gasteiger partial charge in [0.1, 0.15) is 6.04 Å². The number of amides is 2. The number of hydrogen-bond acceptors (Lipinski definition) is 6. The minimum Gasteiger partial charge on any atom is -0.454 e. The van der Waals surface area contributed by atoms with Crippen LogP contribution >= 0.6 is 23.2 Å². The number of hydrogen-bond donors (Lipinski definition) is 1. The van der Waals surface area contributed by atoms with E-state index in [4.69, 9.17) is 32.7 Å². The molecule has 0 bridgehead atoms. The third-order valence-corrected chi connectivity index (χ3v) is 8.61. The first-order valence-electron chi connectivity index (χ1n) is 12.9. The van der Waals surface area contributed by atoms with Crippen molar-refractivity contribution in [3.8, 4) is 11.5 Å². The summed E-state index contributed by atoms with van der Waals surface area (Å²) in [5.41, 5.74) is 1.79. The molecule has 2 amide bonds. The fraction of sp³-hybridized carbons (Fsp3) is 0.310. The topological polar surface area (TPSA) is 105 Å². The summed E-state index contributed by atoms with van der Waals surface area (Å²) in [4.78, 5) is 28.4. The largest absolute Gasteiger partial charge is 0.454 e. The number of nitrogens with zero attached hydrogens (tertiary/aromatic N) is 2. The quantitative estimate of drug-likeness (QED) is 0.316. The molecule has 4 rings (SSSR count). The fourth-order valence-corrected chi connectivity index (χ4v) is 6.09. The van der Waals surface area contributed by atoms with E-state index in [9.17, 15) is 18.0 Å². The van der Waals surface area contributed by atoms with Gasteiger partial charge >= 0.3 is 0 Å². The number of halogens is 2. The first-order valence-corrected chi connectivity index (χ1v) is 15.5. The maximum absolute atomic E-state index is 13.8. The molecule has 218 valence electrons. The van der Waals surface area contributed by atoms with Crippen molar-refractivity contribution in [3.05, 3.63) is 87.9 Å². The monoisotopic (exact) mass is 619 g/mol. The first-order chi connectivity index (χ1) is 19.6. The Morgan fingerprint density at radius 2 is 1.66 bits per heavy atom. The van der Waals surface area contributed by atoms with E-state index in [0.717, 1.165) is 11.8 Å². The van der Waals surface area contributed by atoms with Gasteiger partial charge in [-0.3, -0.25) is 13.9 Å². The number of benzene rings is 3. The van der Waals surface area contributed by atoms with Crippen molar-refractivity contribution < 1.29 is 27.5 Å². The van der Waals surface area contributed by atoms with E-state index in [1.165, 1.54) is 16.3 Å². The van der Waals surface area contributed by atoms with Crippen LogP contribution in [0.5, 0.6) is 11.5 Å². The van der Waals surface area contributed by atoms with Gasteiger partial charge in [-0.2, -0.15) is 0 Å². The molecular formula is C29H31Cl2N3O6S. The molecule has 1 heterocycles. The molecule has 1 aliphatic heterocycles. The number of sulfonamides is 1. The zero-order valence-electron chi connectivity index (χ0n) is 22.7. The Bertz CT molecular complexity index is 1480. The Morgan fingerprint density at radius 1 is 0.976 bits per heavy atom. The maximum atomic E-state index is 13.8. The SMILES string of the molecule is CNC(=O)C(Cc1ccccc1)N(Cc1c(Cl)cccc1Cl)C(=O)CCCN(c1ccc2c(c1)OCO2)S(C)(=O)=O. The lowest BCUT2D eigenvalue weighted by Crippen LogP contribution is -2.50. The normalized spacial score (nSPS) is 13.0. The van der Waals surface area contributed by atoms with Crippen molar-refractivity contribution in [1.29, 1.82) is 0 Å². The summed E-state index contributed by atoms with van der Waals surface area (Å²) in [6, 6.07) is 18.4. The summed E-state index contributed by atoms with van der Waals surface area (Å²) in [6.07, 6.45) is 1.54. The molecule has 1 aliphatic rings. The van der Waals surface area contributed by atoms with Crippen LogP contribution in [-0.2, 0) is 32.6 Å². The third kappa shape index (κ3) is 7.63. The van der Waals surface area contributed by atoms with E-state index in [1.807, 2.05) is 30.3 Å². The van der Waals surface area contributed by atoms with Crippen LogP contribution < -0.4 is 19.1 Å². The van der Waals surface area contributed by atoms with Crippen LogP contribution in [0.4, 0.5) is 5.69 Å². The zero-order valence-corrected chi connectivity index (χ0v) is 25.0. The molecule has 0 radical (unpaired) electrons. The smallest absolute Gasteiger partial charge is 0.242 e. The van der Waals surface area contributed by atoms with Crippen LogP contribution in [0.25, 0.3) is 0 Å². The minimum absolute atomic E-state index is 0.000210. The second-order valence-corrected chi connectivity index (χ2v) is 12.2. The van der Waals surface area contributed by atoms with Gasteiger partial charge in [0, 0.05) is 54.7 Å². The second kappa shape index (κ2) is 13.5. The molecule has 0 aliphatic carbocycles. The van der Waals surface area contributed by atoms with Crippen molar-refractivity contribution in [2.75, 3.05) is 30.9 Å². The molecule has 0 spiro atoms. The second-order valence-electron chi connectivity index (χ2n) is 9.52. The van der Waals surface area contributed by atoms with E-state index in [2.05, 4.69) is 5.32 Å². The number of carbonyl (C=O) groups excluding carboxylic acids is 2. The minimum atomic E-state index is -3.67. The number of fused-ring (bicyclic) bond motifs is 1. The Morgan fingerprint density at radius 3 is 2.32 bits per heavy atom. The summed E-state index contributed by atoms with van der Waals surface area (Å²) in [5, 5.41) is 3.41. The molecule has 1 unspecified atom stereocenters. The van der Waals surface area contributed by atoms with Crippen LogP contribution in [0.2, 0.25) is 10.0 Å². The van der Waals surface area contributed by atoms with Crippen molar-refractivity contribution in [1.82, 2.24) is 10.2 Å². The van der Waals surface area contributed by atoms with Gasteiger partial charge in [0.05, 0.1) is 11.9 Å².